The summed E-state index contributed by atoms with van der Waals surface area (Å²) in [4.78, 5) is 0. The molecule has 0 saturated carbocycles. The summed E-state index contributed by atoms with van der Waals surface area (Å²) in [5, 5.41) is 0.949. The molecule has 0 spiro atoms. The molecule has 0 radical (unpaired) electrons. The predicted molar refractivity (Wildman–Crippen MR) is 83.6 cm³/mol. The van der Waals surface area contributed by atoms with Crippen LogP contribution in [0.1, 0.15) is 33.1 Å². The summed E-state index contributed by atoms with van der Waals surface area (Å²) in [6.07, 6.45) is 2.95. The number of unbranched alkanes of at least 4 members (excludes halogenated alkanes) is 1. The molecule has 0 aliphatic carbocycles. The summed E-state index contributed by atoms with van der Waals surface area (Å²) in [6, 6.07) is 10.3. The third-order valence-electron chi connectivity index (χ3n) is 3.07. The number of hydrogen-bond acceptors (Lipinski definition) is 3. The van der Waals surface area contributed by atoms with Crippen LogP contribution in [0.3, 0.4) is 0 Å². The van der Waals surface area contributed by atoms with E-state index in [1.807, 2.05) is 25.1 Å². The molecule has 0 amide bonds. The molecular formula is C15H21O3PSe. The summed E-state index contributed by atoms with van der Waals surface area (Å²) < 4.78 is 26.3. The van der Waals surface area contributed by atoms with E-state index in [1.165, 1.54) is 8.93 Å². The molecular weight excluding hydrogens is 338 g/mol. The van der Waals surface area contributed by atoms with Crippen LogP contribution in [0, 0.1) is 0 Å². The molecule has 1 aromatic carbocycles. The van der Waals surface area contributed by atoms with Crippen LogP contribution in [0.2, 0.25) is 0 Å². The van der Waals surface area contributed by atoms with Gasteiger partial charge in [0, 0.05) is 0 Å². The molecule has 5 heteroatoms. The van der Waals surface area contributed by atoms with E-state index in [0.29, 0.717) is 13.2 Å². The summed E-state index contributed by atoms with van der Waals surface area (Å²) >= 11 is 0.174. The van der Waals surface area contributed by atoms with E-state index >= 15 is 0 Å². The standard InChI is InChI=1S/C15H21O3PSe/c1-3-5-11-14-15(12-18-19(14,16)17-4-2)20-13-9-7-6-8-10-13/h6-10H,3-5,11-12H2,1-2H3. The zero-order valence-corrected chi connectivity index (χ0v) is 14.6. The van der Waals surface area contributed by atoms with Crippen molar-refractivity contribution in [2.45, 2.75) is 33.1 Å². The minimum atomic E-state index is -3.01. The van der Waals surface area contributed by atoms with Crippen LogP contribution in [0.25, 0.3) is 0 Å². The number of benzene rings is 1. The van der Waals surface area contributed by atoms with Crippen molar-refractivity contribution >= 4 is 27.0 Å². The van der Waals surface area contributed by atoms with Gasteiger partial charge in [-0.3, -0.25) is 0 Å². The number of hydrogen-bond donors (Lipinski definition) is 0. The van der Waals surface area contributed by atoms with Crippen LogP contribution >= 0.6 is 7.60 Å². The molecule has 0 saturated heterocycles. The molecule has 1 aliphatic heterocycles. The molecule has 1 aromatic rings. The van der Waals surface area contributed by atoms with Gasteiger partial charge in [0.15, 0.2) is 0 Å². The SMILES string of the molecule is CCCCC1=C([Se]c2ccccc2)COP1(=O)OCC. The monoisotopic (exact) mass is 360 g/mol. The molecule has 0 fully saturated rings. The molecule has 0 bridgehead atoms. The van der Waals surface area contributed by atoms with E-state index in [4.69, 9.17) is 9.05 Å². The third-order valence-corrected chi connectivity index (χ3v) is 7.98. The fourth-order valence-corrected chi connectivity index (χ4v) is 6.97. The minimum absolute atomic E-state index is 0.174. The molecule has 1 unspecified atom stereocenters. The Morgan fingerprint density at radius 2 is 2.05 bits per heavy atom. The quantitative estimate of drug-likeness (QED) is 0.550. The first-order valence-electron chi connectivity index (χ1n) is 7.04. The van der Waals surface area contributed by atoms with Gasteiger partial charge in [-0.15, -0.1) is 0 Å². The van der Waals surface area contributed by atoms with Crippen molar-refractivity contribution in [2.24, 2.45) is 0 Å². The second kappa shape index (κ2) is 7.58. The molecule has 1 heterocycles. The maximum absolute atomic E-state index is 12.8. The zero-order chi connectivity index (χ0) is 14.4. The second-order valence-electron chi connectivity index (χ2n) is 4.58. The van der Waals surface area contributed by atoms with Crippen LogP contribution in [0.4, 0.5) is 0 Å². The van der Waals surface area contributed by atoms with E-state index in [9.17, 15) is 4.57 Å². The van der Waals surface area contributed by atoms with E-state index in [0.717, 1.165) is 24.6 Å². The van der Waals surface area contributed by atoms with Crippen LogP contribution < -0.4 is 4.46 Å². The molecule has 0 N–H and O–H groups in total. The summed E-state index contributed by atoms with van der Waals surface area (Å²) in [6.45, 7) is 4.90. The van der Waals surface area contributed by atoms with Gasteiger partial charge in [0.05, 0.1) is 0 Å². The topological polar surface area (TPSA) is 35.5 Å². The average molecular weight is 359 g/mol. The normalized spacial score (nSPS) is 22.5. The van der Waals surface area contributed by atoms with Crippen LogP contribution in [-0.4, -0.2) is 28.2 Å². The molecule has 110 valence electrons. The summed E-state index contributed by atoms with van der Waals surface area (Å²) in [7, 11) is -3.01. The molecule has 1 atom stereocenters. The van der Waals surface area contributed by atoms with E-state index in [-0.39, 0.29) is 15.0 Å². The second-order valence-corrected chi connectivity index (χ2v) is 9.08. The Bertz CT molecular complexity index is 513. The molecule has 2 rings (SSSR count). The van der Waals surface area contributed by atoms with E-state index < -0.39 is 7.60 Å². The Morgan fingerprint density at radius 1 is 1.30 bits per heavy atom. The van der Waals surface area contributed by atoms with Crippen LogP contribution in [0.5, 0.6) is 0 Å². The van der Waals surface area contributed by atoms with Crippen LogP contribution in [0.15, 0.2) is 40.1 Å². The summed E-state index contributed by atoms with van der Waals surface area (Å²) in [5.74, 6) is 0. The summed E-state index contributed by atoms with van der Waals surface area (Å²) in [5.41, 5.74) is 0. The van der Waals surface area contributed by atoms with Gasteiger partial charge in [0.2, 0.25) is 0 Å². The zero-order valence-electron chi connectivity index (χ0n) is 12.0. The van der Waals surface area contributed by atoms with Gasteiger partial charge in [-0.2, -0.15) is 0 Å². The van der Waals surface area contributed by atoms with Gasteiger partial charge in [-0.05, 0) is 0 Å². The molecule has 20 heavy (non-hydrogen) atoms. The Kier molecular flexibility index (Phi) is 6.07. The van der Waals surface area contributed by atoms with Gasteiger partial charge < -0.3 is 0 Å². The van der Waals surface area contributed by atoms with Crippen molar-refractivity contribution in [1.82, 2.24) is 0 Å². The van der Waals surface area contributed by atoms with Gasteiger partial charge in [0.1, 0.15) is 0 Å². The van der Waals surface area contributed by atoms with Gasteiger partial charge in [-0.25, -0.2) is 0 Å². The van der Waals surface area contributed by atoms with Crippen molar-refractivity contribution in [3.05, 3.63) is 40.1 Å². The number of rotatable bonds is 7. The van der Waals surface area contributed by atoms with E-state index in [2.05, 4.69) is 19.1 Å². The fourth-order valence-electron chi connectivity index (χ4n) is 2.08. The van der Waals surface area contributed by atoms with Crippen molar-refractivity contribution in [2.75, 3.05) is 13.2 Å². The van der Waals surface area contributed by atoms with Crippen molar-refractivity contribution in [3.63, 3.8) is 0 Å². The Morgan fingerprint density at radius 3 is 2.70 bits per heavy atom. The Hall–Kier alpha value is -0.371. The van der Waals surface area contributed by atoms with E-state index in [1.54, 1.807) is 0 Å². The fraction of sp³-hybridized carbons (Fsp3) is 0.467. The van der Waals surface area contributed by atoms with Gasteiger partial charge >= 0.3 is 127 Å². The van der Waals surface area contributed by atoms with Gasteiger partial charge in [-0.1, -0.05) is 0 Å². The first kappa shape index (κ1) is 16.0. The van der Waals surface area contributed by atoms with Crippen molar-refractivity contribution in [1.29, 1.82) is 0 Å². The molecule has 0 aromatic heterocycles. The third kappa shape index (κ3) is 3.84. The molecule has 1 aliphatic rings. The van der Waals surface area contributed by atoms with Crippen molar-refractivity contribution < 1.29 is 13.6 Å². The van der Waals surface area contributed by atoms with Crippen LogP contribution in [-0.2, 0) is 13.6 Å². The average Bonchev–Trinajstić information content (AvgIpc) is 2.75. The van der Waals surface area contributed by atoms with Crippen molar-refractivity contribution in [3.8, 4) is 0 Å². The maximum atomic E-state index is 12.8. The number of allylic oxidation sites excluding steroid dienone is 1. The predicted octanol–water partition coefficient (Wildman–Crippen LogP) is 3.68. The molecule has 3 nitrogen and oxygen atoms in total. The Labute approximate surface area is 127 Å². The first-order valence-corrected chi connectivity index (χ1v) is 10.3. The first-order chi connectivity index (χ1) is 9.69. The Balaban J connectivity index is 2.23. The van der Waals surface area contributed by atoms with Gasteiger partial charge in [0.25, 0.3) is 0 Å².